The van der Waals surface area contributed by atoms with Gasteiger partial charge in [0.15, 0.2) is 0 Å². The van der Waals surface area contributed by atoms with E-state index in [0.717, 1.165) is 0 Å². The molecular formula is C36H52SiZr. The van der Waals surface area contributed by atoms with Gasteiger partial charge >= 0.3 is 26.2 Å². The Morgan fingerprint density at radius 1 is 0.553 bits per heavy atom. The fraction of sp³-hybridized carbons (Fsp3) is 0.444. The molecule has 0 N–H and O–H groups in total. The molecule has 0 aliphatic heterocycles. The Hall–Kier alpha value is -1.24. The van der Waals surface area contributed by atoms with Crippen molar-refractivity contribution in [1.29, 1.82) is 0 Å². The van der Waals surface area contributed by atoms with Crippen molar-refractivity contribution in [2.45, 2.75) is 106 Å². The van der Waals surface area contributed by atoms with Gasteiger partial charge in [-0.3, -0.25) is 0 Å². The van der Waals surface area contributed by atoms with Gasteiger partial charge < -0.3 is 14.9 Å². The fourth-order valence-corrected chi connectivity index (χ4v) is 10.7. The second-order valence-corrected chi connectivity index (χ2v) is 17.0. The second kappa shape index (κ2) is 12.5. The molecule has 0 radical (unpaired) electrons. The van der Waals surface area contributed by atoms with E-state index in [4.69, 9.17) is 0 Å². The van der Waals surface area contributed by atoms with Crippen molar-refractivity contribution in [3.63, 3.8) is 0 Å². The van der Waals surface area contributed by atoms with Crippen LogP contribution in [0.25, 0.3) is 21.5 Å². The quantitative estimate of drug-likeness (QED) is 0.152. The molecule has 4 aromatic carbocycles. The second-order valence-electron chi connectivity index (χ2n) is 12.8. The number of aryl methyl sites for hydroxylation is 2. The van der Waals surface area contributed by atoms with Crippen LogP contribution in [0.5, 0.6) is 0 Å². The van der Waals surface area contributed by atoms with Gasteiger partial charge in [0.2, 0.25) is 0 Å². The van der Waals surface area contributed by atoms with Crippen LogP contribution in [0.2, 0.25) is 13.1 Å². The van der Waals surface area contributed by atoms with Crippen LogP contribution in [0.3, 0.4) is 0 Å². The first-order valence-corrected chi connectivity index (χ1v) is 16.7. The minimum atomic E-state index is -2.01. The first-order valence-electron chi connectivity index (χ1n) is 13.7. The van der Waals surface area contributed by atoms with Crippen LogP contribution in [0.1, 0.15) is 112 Å². The van der Waals surface area contributed by atoms with Crippen molar-refractivity contribution < 1.29 is 26.2 Å². The van der Waals surface area contributed by atoms with Gasteiger partial charge in [0, 0.05) is 8.07 Å². The van der Waals surface area contributed by atoms with Crippen LogP contribution in [0.4, 0.5) is 0 Å². The van der Waals surface area contributed by atoms with E-state index in [1.165, 1.54) is 44.2 Å². The van der Waals surface area contributed by atoms with Gasteiger partial charge in [-0.2, -0.15) is 10.4 Å². The van der Waals surface area contributed by atoms with E-state index in [9.17, 15) is 0 Å². The van der Waals surface area contributed by atoms with E-state index in [-0.39, 0.29) is 41.1 Å². The Morgan fingerprint density at radius 3 is 1.13 bits per heavy atom. The zero-order valence-electron chi connectivity index (χ0n) is 26.8. The zero-order chi connectivity index (χ0) is 26.0. The fourth-order valence-electron chi connectivity index (χ4n) is 6.55. The number of rotatable bonds is 6. The summed E-state index contributed by atoms with van der Waals surface area (Å²) in [5.41, 5.74) is 8.98. The van der Waals surface area contributed by atoms with E-state index in [2.05, 4.69) is 119 Å². The zero-order valence-corrected chi connectivity index (χ0v) is 30.2. The Labute approximate surface area is 255 Å². The van der Waals surface area contributed by atoms with Gasteiger partial charge in [0.25, 0.3) is 0 Å². The number of benzene rings is 2. The van der Waals surface area contributed by atoms with Gasteiger partial charge in [-0.25, -0.2) is 0 Å². The molecule has 0 spiro atoms. The summed E-state index contributed by atoms with van der Waals surface area (Å²) < 4.78 is 0. The molecule has 2 heteroatoms. The third-order valence-electron chi connectivity index (χ3n) is 8.30. The maximum absolute atomic E-state index is 2.61. The molecule has 0 nitrogen and oxygen atoms in total. The molecule has 0 amide bonds. The average Bonchev–Trinajstić information content (AvgIpc) is 3.27. The topological polar surface area (TPSA) is 0 Å². The van der Waals surface area contributed by atoms with Gasteiger partial charge in [0.1, 0.15) is 0 Å². The van der Waals surface area contributed by atoms with E-state index in [1.807, 2.05) is 0 Å². The maximum atomic E-state index is 2.61. The molecular weight excluding hydrogens is 552 g/mol. The van der Waals surface area contributed by atoms with Gasteiger partial charge in [-0.1, -0.05) is 117 Å². The molecule has 38 heavy (non-hydrogen) atoms. The summed E-state index contributed by atoms with van der Waals surface area (Å²) in [6.45, 7) is 28.7. The molecule has 4 aromatic rings. The molecule has 4 rings (SSSR count). The molecule has 0 fully saturated rings. The van der Waals surface area contributed by atoms with Crippen LogP contribution in [-0.2, 0) is 26.2 Å². The summed E-state index contributed by atoms with van der Waals surface area (Å²) in [7, 11) is -2.01. The molecule has 0 heterocycles. The van der Waals surface area contributed by atoms with Crippen molar-refractivity contribution in [3.8, 4) is 0 Å². The minimum absolute atomic E-state index is 0. The minimum Gasteiger partial charge on any atom is -0.358 e. The Bertz CT molecular complexity index is 1280. The van der Waals surface area contributed by atoms with Crippen molar-refractivity contribution >= 4 is 40.0 Å². The van der Waals surface area contributed by atoms with Crippen molar-refractivity contribution in [1.82, 2.24) is 0 Å². The van der Waals surface area contributed by atoms with Crippen molar-refractivity contribution in [2.75, 3.05) is 0 Å². The Morgan fingerprint density at radius 2 is 0.868 bits per heavy atom. The van der Waals surface area contributed by atoms with E-state index in [1.54, 1.807) is 21.1 Å². The molecule has 0 bridgehead atoms. The van der Waals surface area contributed by atoms with Crippen LogP contribution in [0, 0.1) is 28.7 Å². The molecule has 0 saturated heterocycles. The predicted octanol–water partition coefficient (Wildman–Crippen LogP) is 10.3. The largest absolute Gasteiger partial charge is 4.00 e. The van der Waals surface area contributed by atoms with Gasteiger partial charge in [0.05, 0.1) is 0 Å². The summed E-state index contributed by atoms with van der Waals surface area (Å²) in [5, 5.41) is 9.32. The monoisotopic (exact) mass is 602 g/mol. The Kier molecular flexibility index (Phi) is 11.5. The Balaban J connectivity index is 0.00000241. The summed E-state index contributed by atoms with van der Waals surface area (Å²) in [6.07, 6.45) is 0. The summed E-state index contributed by atoms with van der Waals surface area (Å²) in [4.78, 5) is 0. The maximum Gasteiger partial charge on any atom is 4.00 e. The molecule has 0 aliphatic carbocycles. The van der Waals surface area contributed by atoms with E-state index < -0.39 is 8.07 Å². The van der Waals surface area contributed by atoms with E-state index in [0.29, 0.717) is 23.7 Å². The number of fused-ring (bicyclic) bond motifs is 2. The normalized spacial score (nSPS) is 12.0. The smallest absolute Gasteiger partial charge is 0.358 e. The van der Waals surface area contributed by atoms with Crippen LogP contribution in [0.15, 0.2) is 36.4 Å². The molecule has 0 atom stereocenters. The SMILES string of the molecule is Cc1[cH-]c2cc(C(C)C)cc(C(C)C)c2c1[Si](C)(C)c1c(C)[cH-]c2cc(C(C)C)cc(C(C)C)c12.[CH3-].[CH3-].[Zr+4]. The van der Waals surface area contributed by atoms with Crippen molar-refractivity contribution in [3.05, 3.63) is 84.6 Å². The third-order valence-corrected chi connectivity index (χ3v) is 12.1. The van der Waals surface area contributed by atoms with Crippen LogP contribution < -0.4 is 10.4 Å². The van der Waals surface area contributed by atoms with E-state index >= 15 is 0 Å². The first-order chi connectivity index (χ1) is 16.2. The summed E-state index contributed by atoms with van der Waals surface area (Å²) in [6, 6.07) is 14.9. The van der Waals surface area contributed by atoms with Gasteiger partial charge in [-0.05, 0) is 23.7 Å². The predicted molar refractivity (Wildman–Crippen MR) is 174 cm³/mol. The van der Waals surface area contributed by atoms with Crippen LogP contribution in [-0.4, -0.2) is 8.07 Å². The average molecular weight is 604 g/mol. The molecule has 0 aliphatic rings. The molecule has 204 valence electrons. The van der Waals surface area contributed by atoms with Crippen LogP contribution >= 0.6 is 0 Å². The summed E-state index contributed by atoms with van der Waals surface area (Å²) >= 11 is 0. The number of hydrogen-bond acceptors (Lipinski definition) is 0. The first kappa shape index (κ1) is 34.8. The third kappa shape index (κ3) is 5.78. The van der Waals surface area contributed by atoms with Gasteiger partial charge in [-0.15, -0.1) is 56.9 Å². The number of hydrogen-bond donors (Lipinski definition) is 0. The van der Waals surface area contributed by atoms with Crippen molar-refractivity contribution in [2.24, 2.45) is 0 Å². The molecule has 0 aromatic heterocycles. The summed E-state index contributed by atoms with van der Waals surface area (Å²) in [5.74, 6) is 2.12. The molecule has 0 saturated carbocycles. The standard InChI is InChI=1S/C34H46Si.2CH3.Zr/c1-19(2)25-15-27-13-23(9)33(31(27)29(17-25)21(5)6)35(11,12)34-24(10)14-28-16-26(20(3)4)18-30(22(7)8)32(28)34;;;/h13-22H,1-12H3;2*1H3;/q-2;2*-1;+4. The molecule has 0 unspecified atom stereocenters.